The highest BCUT2D eigenvalue weighted by molar-refractivity contribution is 8.77. The number of imide groups is 1. The van der Waals surface area contributed by atoms with Crippen molar-refractivity contribution in [3.63, 3.8) is 0 Å². The van der Waals surface area contributed by atoms with Crippen molar-refractivity contribution in [1.82, 2.24) is 10.2 Å². The molecule has 0 fully saturated rings. The minimum atomic E-state index is -0.333. The zero-order chi connectivity index (χ0) is 18.9. The summed E-state index contributed by atoms with van der Waals surface area (Å²) in [4.78, 5) is 46.6. The van der Waals surface area contributed by atoms with Crippen molar-refractivity contribution in [2.24, 2.45) is 0 Å². The zero-order valence-electron chi connectivity index (χ0n) is 15.0. The molecule has 0 aromatic rings. The molecule has 1 rings (SSSR count). The minimum absolute atomic E-state index is 0.0431. The number of nitrogens with one attached hydrogen (secondary N) is 1. The van der Waals surface area contributed by atoms with E-state index < -0.39 is 0 Å². The van der Waals surface area contributed by atoms with Crippen molar-refractivity contribution in [2.75, 3.05) is 18.8 Å². The number of rotatable bonds is 12. The lowest BCUT2D eigenvalue weighted by molar-refractivity contribution is -0.137. The predicted molar refractivity (Wildman–Crippen MR) is 105 cm³/mol. The van der Waals surface area contributed by atoms with Crippen LogP contribution in [-0.2, 0) is 19.2 Å². The van der Waals surface area contributed by atoms with E-state index in [2.05, 4.69) is 19.2 Å². The molecule has 3 amide bonds. The van der Waals surface area contributed by atoms with Crippen LogP contribution in [0, 0.1) is 0 Å². The fourth-order valence-corrected chi connectivity index (χ4v) is 4.72. The molecule has 6 nitrogen and oxygen atoms in total. The van der Waals surface area contributed by atoms with Gasteiger partial charge in [-0.05, 0) is 33.1 Å². The van der Waals surface area contributed by atoms with Gasteiger partial charge in [0.05, 0.1) is 5.68 Å². The van der Waals surface area contributed by atoms with Crippen molar-refractivity contribution in [1.29, 1.82) is 0 Å². The molecule has 1 aliphatic rings. The molecule has 0 spiro atoms. The van der Waals surface area contributed by atoms with Crippen LogP contribution < -0.4 is 5.32 Å². The Morgan fingerprint density at radius 1 is 1.20 bits per heavy atom. The lowest BCUT2D eigenvalue weighted by Crippen LogP contribution is -2.38. The van der Waals surface area contributed by atoms with Crippen LogP contribution in [0.25, 0.3) is 0 Å². The van der Waals surface area contributed by atoms with Gasteiger partial charge in [-0.2, -0.15) is 0 Å². The molecule has 9 heteroatoms. The second-order valence-corrected chi connectivity index (χ2v) is 9.60. The van der Waals surface area contributed by atoms with Gasteiger partial charge in [0.1, 0.15) is 0 Å². The van der Waals surface area contributed by atoms with Crippen LogP contribution in [0.2, 0.25) is 0 Å². The third-order valence-corrected chi connectivity index (χ3v) is 6.99. The lowest BCUT2D eigenvalue weighted by atomic mass is 9.94. The average Bonchev–Trinajstić information content (AvgIpc) is 2.84. The van der Waals surface area contributed by atoms with Gasteiger partial charge in [0.2, 0.25) is 5.91 Å². The van der Waals surface area contributed by atoms with E-state index in [0.29, 0.717) is 12.8 Å². The molecule has 0 bridgehead atoms. The quantitative estimate of drug-likeness (QED) is 0.233. The van der Waals surface area contributed by atoms with E-state index in [4.69, 9.17) is 0 Å². The molecule has 0 radical (unpaired) electrons. The molecule has 25 heavy (non-hydrogen) atoms. The molecule has 0 aliphatic carbocycles. The summed E-state index contributed by atoms with van der Waals surface area (Å²) in [5.74, 6) is 0.114. The van der Waals surface area contributed by atoms with E-state index in [1.165, 1.54) is 12.2 Å². The third-order valence-electron chi connectivity index (χ3n) is 3.55. The summed E-state index contributed by atoms with van der Waals surface area (Å²) in [5.41, 5.74) is 0.212. The van der Waals surface area contributed by atoms with Crippen LogP contribution in [0.3, 0.4) is 0 Å². The van der Waals surface area contributed by atoms with Crippen LogP contribution in [0.4, 0.5) is 0 Å². The Balaban J connectivity index is 2.06. The van der Waals surface area contributed by atoms with Gasteiger partial charge in [-0.3, -0.25) is 19.3 Å². The maximum atomic E-state index is 11.7. The highest BCUT2D eigenvalue weighted by Crippen LogP contribution is 2.39. The van der Waals surface area contributed by atoms with Gasteiger partial charge in [-0.1, -0.05) is 21.6 Å². The van der Waals surface area contributed by atoms with E-state index in [1.807, 2.05) is 0 Å². The number of carbonyl (C=O) groups is 4. The molecule has 0 aromatic carbocycles. The van der Waals surface area contributed by atoms with Crippen molar-refractivity contribution in [3.05, 3.63) is 12.2 Å². The molecule has 1 heterocycles. The fraction of sp³-hybridized carbons (Fsp3) is 0.625. The molecular formula is C16H25BN2O4S2. The van der Waals surface area contributed by atoms with E-state index in [1.54, 1.807) is 29.4 Å². The van der Waals surface area contributed by atoms with Gasteiger partial charge in [-0.15, -0.1) is 0 Å². The summed E-state index contributed by atoms with van der Waals surface area (Å²) in [6.45, 7) is 4.72. The van der Waals surface area contributed by atoms with Crippen molar-refractivity contribution in [3.8, 4) is 0 Å². The Morgan fingerprint density at radius 3 is 2.44 bits per heavy atom. The Kier molecular flexibility index (Phi) is 9.34. The summed E-state index contributed by atoms with van der Waals surface area (Å²) in [6.07, 6.45) is 5.09. The topological polar surface area (TPSA) is 83.6 Å². The summed E-state index contributed by atoms with van der Waals surface area (Å²) in [7, 11) is 5.08. The van der Waals surface area contributed by atoms with E-state index >= 15 is 0 Å². The van der Waals surface area contributed by atoms with Gasteiger partial charge >= 0.3 is 0 Å². The highest BCUT2D eigenvalue weighted by Gasteiger charge is 2.22. The summed E-state index contributed by atoms with van der Waals surface area (Å²) >= 11 is 0. The van der Waals surface area contributed by atoms with Gasteiger partial charge in [-0.25, -0.2) is 0 Å². The Bertz CT molecular complexity index is 534. The monoisotopic (exact) mass is 384 g/mol. The Morgan fingerprint density at radius 2 is 1.84 bits per heavy atom. The molecule has 0 saturated heterocycles. The van der Waals surface area contributed by atoms with Crippen LogP contribution in [-0.4, -0.2) is 59.7 Å². The number of carbonyl (C=O) groups excluding carboxylic acids is 4. The minimum Gasteiger partial charge on any atom is -0.354 e. The number of hydrogen-bond donors (Lipinski definition) is 1. The normalized spacial score (nSPS) is 14.2. The first kappa shape index (κ1) is 21.8. The first-order valence-corrected chi connectivity index (χ1v) is 10.6. The molecule has 1 aliphatic heterocycles. The zero-order valence-corrected chi connectivity index (χ0v) is 16.6. The summed E-state index contributed by atoms with van der Waals surface area (Å²) in [6, 6.07) is 0. The fourth-order valence-electron chi connectivity index (χ4n) is 2.06. The van der Waals surface area contributed by atoms with E-state index in [0.717, 1.165) is 23.5 Å². The molecule has 0 unspecified atom stereocenters. The van der Waals surface area contributed by atoms with Crippen molar-refractivity contribution >= 4 is 52.8 Å². The van der Waals surface area contributed by atoms with Crippen LogP contribution in [0.15, 0.2) is 12.2 Å². The van der Waals surface area contributed by atoms with Crippen LogP contribution >= 0.6 is 21.6 Å². The van der Waals surface area contributed by atoms with Gasteiger partial charge < -0.3 is 10.1 Å². The first-order valence-electron chi connectivity index (χ1n) is 8.31. The molecular weight excluding hydrogens is 359 g/mol. The number of nitrogens with zero attached hydrogens (tertiary/aromatic N) is 1. The smallest absolute Gasteiger partial charge is 0.253 e. The number of hydrogen-bond acceptors (Lipinski definition) is 6. The molecule has 138 valence electrons. The van der Waals surface area contributed by atoms with Crippen LogP contribution in [0.1, 0.15) is 39.5 Å². The average molecular weight is 384 g/mol. The molecule has 0 saturated carbocycles. The van der Waals surface area contributed by atoms with Gasteiger partial charge in [0, 0.05) is 42.2 Å². The van der Waals surface area contributed by atoms with Crippen LogP contribution in [0.5, 0.6) is 0 Å². The summed E-state index contributed by atoms with van der Waals surface area (Å²) < 4.78 is 0.0431. The van der Waals surface area contributed by atoms with Crippen molar-refractivity contribution < 1.29 is 19.2 Å². The number of amides is 3. The SMILES string of the molecule is BC(=O)CCC(C)(C)SSCCCC(=O)NCCN1C(=O)C=CC1=O. The van der Waals surface area contributed by atoms with Gasteiger partial charge in [0.25, 0.3) is 11.8 Å². The van der Waals surface area contributed by atoms with E-state index in [9.17, 15) is 19.2 Å². The third kappa shape index (κ3) is 9.16. The van der Waals surface area contributed by atoms with Gasteiger partial charge in [0.15, 0.2) is 7.85 Å². The second kappa shape index (κ2) is 10.7. The summed E-state index contributed by atoms with van der Waals surface area (Å²) in [5, 5.41) is 2.72. The maximum absolute atomic E-state index is 11.7. The predicted octanol–water partition coefficient (Wildman–Crippen LogP) is 0.908. The lowest BCUT2D eigenvalue weighted by Gasteiger charge is -2.22. The van der Waals surface area contributed by atoms with Crippen molar-refractivity contribution in [2.45, 2.75) is 44.3 Å². The molecule has 1 N–H and O–H groups in total. The second-order valence-electron chi connectivity index (χ2n) is 6.48. The largest absolute Gasteiger partial charge is 0.354 e. The molecule has 0 aromatic heterocycles. The maximum Gasteiger partial charge on any atom is 0.253 e. The highest BCUT2D eigenvalue weighted by atomic mass is 33.1. The Hall–Kier alpha value is -1.22. The standard InChI is InChI=1S/C16H25BN2O4S2/c1-16(2,8-7-12(17)20)25-24-11-3-4-13(21)18-9-10-19-14(22)5-6-15(19)23/h5-6H,3-4,7-11,17H2,1-2H3,(H,18,21). The first-order chi connectivity index (χ1) is 11.7. The Labute approximate surface area is 157 Å². The van der Waals surface area contributed by atoms with E-state index in [-0.39, 0.29) is 41.2 Å². The molecule has 0 atom stereocenters.